The van der Waals surface area contributed by atoms with Crippen molar-refractivity contribution in [3.63, 3.8) is 0 Å². The number of morpholine rings is 1. The number of methoxy groups -OCH3 is 1. The van der Waals surface area contributed by atoms with Crippen LogP contribution in [0.3, 0.4) is 0 Å². The Morgan fingerprint density at radius 1 is 1.44 bits per heavy atom. The maximum absolute atomic E-state index is 11.9. The Kier molecular flexibility index (Phi) is 3.14. The van der Waals surface area contributed by atoms with E-state index in [1.165, 1.54) is 7.11 Å². The van der Waals surface area contributed by atoms with Crippen molar-refractivity contribution in [2.24, 2.45) is 11.8 Å². The van der Waals surface area contributed by atoms with Crippen molar-refractivity contribution in [3.05, 3.63) is 0 Å². The van der Waals surface area contributed by atoms with E-state index < -0.39 is 12.1 Å². The molecule has 3 atom stereocenters. The summed E-state index contributed by atoms with van der Waals surface area (Å²) < 4.78 is 9.88. The molecule has 0 bridgehead atoms. The van der Waals surface area contributed by atoms with E-state index in [0.717, 1.165) is 6.42 Å². The van der Waals surface area contributed by atoms with Crippen LogP contribution in [-0.4, -0.2) is 49.7 Å². The van der Waals surface area contributed by atoms with Crippen LogP contribution in [0.1, 0.15) is 13.3 Å². The number of esters is 1. The van der Waals surface area contributed by atoms with Gasteiger partial charge in [0.25, 0.3) is 0 Å². The van der Waals surface area contributed by atoms with Crippen molar-refractivity contribution >= 4 is 11.9 Å². The lowest BCUT2D eigenvalue weighted by Crippen LogP contribution is -2.49. The predicted molar refractivity (Wildman–Crippen MR) is 55.6 cm³/mol. The van der Waals surface area contributed by atoms with Gasteiger partial charge in [0.05, 0.1) is 20.3 Å². The minimum atomic E-state index is -0.614. The van der Waals surface area contributed by atoms with Gasteiger partial charge in [-0.05, 0) is 12.3 Å². The molecule has 0 radical (unpaired) electrons. The molecular formula is C11H17NO4. The first-order chi connectivity index (χ1) is 7.63. The molecule has 2 fully saturated rings. The summed E-state index contributed by atoms with van der Waals surface area (Å²) in [4.78, 5) is 25.0. The summed E-state index contributed by atoms with van der Waals surface area (Å²) in [5.41, 5.74) is 0. The number of hydrogen-bond donors (Lipinski definition) is 0. The average Bonchev–Trinajstić information content (AvgIpc) is 3.04. The third-order valence-electron chi connectivity index (χ3n) is 3.27. The van der Waals surface area contributed by atoms with Crippen LogP contribution in [0.4, 0.5) is 0 Å². The van der Waals surface area contributed by atoms with Crippen molar-refractivity contribution < 1.29 is 19.1 Å². The molecule has 0 N–H and O–H groups in total. The Morgan fingerprint density at radius 2 is 2.12 bits per heavy atom. The number of hydrogen-bond acceptors (Lipinski definition) is 4. The molecule has 1 heterocycles. The van der Waals surface area contributed by atoms with Gasteiger partial charge in [-0.3, -0.25) is 4.79 Å². The Morgan fingerprint density at radius 3 is 2.69 bits per heavy atom. The first kappa shape index (κ1) is 11.4. The van der Waals surface area contributed by atoms with Gasteiger partial charge < -0.3 is 14.4 Å². The van der Waals surface area contributed by atoms with Gasteiger partial charge in [0.1, 0.15) is 0 Å². The van der Waals surface area contributed by atoms with Crippen LogP contribution in [0.5, 0.6) is 0 Å². The molecule has 1 aliphatic carbocycles. The fourth-order valence-corrected chi connectivity index (χ4v) is 2.02. The predicted octanol–water partition coefficient (Wildman–Crippen LogP) is 0.0428. The van der Waals surface area contributed by atoms with E-state index in [1.807, 2.05) is 0 Å². The molecule has 2 rings (SSSR count). The van der Waals surface area contributed by atoms with Gasteiger partial charge in [0, 0.05) is 12.5 Å². The van der Waals surface area contributed by atoms with Crippen LogP contribution in [-0.2, 0) is 19.1 Å². The largest absolute Gasteiger partial charge is 0.467 e. The zero-order valence-electron chi connectivity index (χ0n) is 9.64. The number of carbonyl (C=O) groups is 2. The SMILES string of the molecule is COC(=O)C1CN(C(=O)C2CC2C)CCO1. The smallest absolute Gasteiger partial charge is 0.336 e. The second-order valence-corrected chi connectivity index (χ2v) is 4.49. The van der Waals surface area contributed by atoms with E-state index in [-0.39, 0.29) is 11.8 Å². The second kappa shape index (κ2) is 4.41. The highest BCUT2D eigenvalue weighted by atomic mass is 16.6. The molecule has 90 valence electrons. The van der Waals surface area contributed by atoms with E-state index in [0.29, 0.717) is 25.6 Å². The van der Waals surface area contributed by atoms with E-state index in [9.17, 15) is 9.59 Å². The standard InChI is InChI=1S/C11H17NO4/c1-7-5-8(7)10(13)12-3-4-16-9(6-12)11(14)15-2/h7-9H,3-6H2,1-2H3. The summed E-state index contributed by atoms with van der Waals surface area (Å²) >= 11 is 0. The lowest BCUT2D eigenvalue weighted by atomic mass is 10.2. The minimum absolute atomic E-state index is 0.157. The summed E-state index contributed by atoms with van der Waals surface area (Å²) in [6.45, 7) is 3.39. The lowest BCUT2D eigenvalue weighted by molar-refractivity contribution is -0.162. The van der Waals surface area contributed by atoms with Crippen molar-refractivity contribution in [1.82, 2.24) is 4.90 Å². The van der Waals surface area contributed by atoms with Gasteiger partial charge in [-0.1, -0.05) is 6.92 Å². The number of carbonyl (C=O) groups excluding carboxylic acids is 2. The highest BCUT2D eigenvalue weighted by Gasteiger charge is 2.43. The summed E-state index contributed by atoms with van der Waals surface area (Å²) in [5.74, 6) is 0.411. The van der Waals surface area contributed by atoms with Gasteiger partial charge >= 0.3 is 5.97 Å². The van der Waals surface area contributed by atoms with Crippen molar-refractivity contribution in [2.75, 3.05) is 26.8 Å². The average molecular weight is 227 g/mol. The normalized spacial score (nSPS) is 33.4. The van der Waals surface area contributed by atoms with Crippen LogP contribution in [0, 0.1) is 11.8 Å². The third kappa shape index (κ3) is 2.19. The number of rotatable bonds is 2. The molecular weight excluding hydrogens is 210 g/mol. The third-order valence-corrected chi connectivity index (χ3v) is 3.27. The summed E-state index contributed by atoms with van der Waals surface area (Å²) in [6.07, 6.45) is 0.357. The van der Waals surface area contributed by atoms with E-state index in [2.05, 4.69) is 11.7 Å². The van der Waals surface area contributed by atoms with E-state index in [4.69, 9.17) is 4.74 Å². The molecule has 16 heavy (non-hydrogen) atoms. The van der Waals surface area contributed by atoms with Crippen molar-refractivity contribution in [3.8, 4) is 0 Å². The molecule has 2 aliphatic rings. The molecule has 1 aliphatic heterocycles. The van der Waals surface area contributed by atoms with Crippen LogP contribution in [0.15, 0.2) is 0 Å². The molecule has 0 aromatic carbocycles. The zero-order chi connectivity index (χ0) is 11.7. The minimum Gasteiger partial charge on any atom is -0.467 e. The zero-order valence-corrected chi connectivity index (χ0v) is 9.64. The van der Waals surface area contributed by atoms with Crippen LogP contribution in [0.2, 0.25) is 0 Å². The molecule has 0 spiro atoms. The Hall–Kier alpha value is -1.10. The Labute approximate surface area is 94.7 Å². The number of ether oxygens (including phenoxy) is 2. The van der Waals surface area contributed by atoms with Crippen LogP contribution in [0.25, 0.3) is 0 Å². The monoisotopic (exact) mass is 227 g/mol. The van der Waals surface area contributed by atoms with Crippen LogP contribution >= 0.6 is 0 Å². The summed E-state index contributed by atoms with van der Waals surface area (Å²) in [6, 6.07) is 0. The molecule has 0 aromatic heterocycles. The highest BCUT2D eigenvalue weighted by Crippen LogP contribution is 2.39. The second-order valence-electron chi connectivity index (χ2n) is 4.49. The number of amides is 1. The lowest BCUT2D eigenvalue weighted by Gasteiger charge is -2.31. The molecule has 1 amide bonds. The highest BCUT2D eigenvalue weighted by molar-refractivity contribution is 5.83. The van der Waals surface area contributed by atoms with E-state index >= 15 is 0 Å². The van der Waals surface area contributed by atoms with Crippen LogP contribution < -0.4 is 0 Å². The molecule has 1 saturated carbocycles. The molecule has 0 aromatic rings. The molecule has 5 nitrogen and oxygen atoms in total. The maximum atomic E-state index is 11.9. The summed E-state index contributed by atoms with van der Waals surface area (Å²) in [5, 5.41) is 0. The Bertz CT molecular complexity index is 304. The topological polar surface area (TPSA) is 55.8 Å². The molecule has 1 saturated heterocycles. The molecule has 3 unspecified atom stereocenters. The van der Waals surface area contributed by atoms with Crippen molar-refractivity contribution in [1.29, 1.82) is 0 Å². The van der Waals surface area contributed by atoms with Gasteiger partial charge in [-0.2, -0.15) is 0 Å². The van der Waals surface area contributed by atoms with Crippen molar-refractivity contribution in [2.45, 2.75) is 19.4 Å². The molecule has 5 heteroatoms. The van der Waals surface area contributed by atoms with E-state index in [1.54, 1.807) is 4.90 Å². The van der Waals surface area contributed by atoms with Gasteiger partial charge in [-0.15, -0.1) is 0 Å². The number of nitrogens with zero attached hydrogens (tertiary/aromatic N) is 1. The Balaban J connectivity index is 1.91. The fraction of sp³-hybridized carbons (Fsp3) is 0.818. The fourth-order valence-electron chi connectivity index (χ4n) is 2.02. The van der Waals surface area contributed by atoms with Gasteiger partial charge in [0.15, 0.2) is 6.10 Å². The maximum Gasteiger partial charge on any atom is 0.336 e. The van der Waals surface area contributed by atoms with Gasteiger partial charge in [-0.25, -0.2) is 4.79 Å². The first-order valence-electron chi connectivity index (χ1n) is 5.61. The quantitative estimate of drug-likeness (QED) is 0.625. The summed E-state index contributed by atoms with van der Waals surface area (Å²) in [7, 11) is 1.33. The van der Waals surface area contributed by atoms with Gasteiger partial charge in [0.2, 0.25) is 5.91 Å². The first-order valence-corrected chi connectivity index (χ1v) is 5.61.